The van der Waals surface area contributed by atoms with Gasteiger partial charge >= 0.3 is 0 Å². The quantitative estimate of drug-likeness (QED) is 0.711. The summed E-state index contributed by atoms with van der Waals surface area (Å²) in [4.78, 5) is 15.9. The Bertz CT molecular complexity index is 670. The molecule has 0 aliphatic heterocycles. The van der Waals surface area contributed by atoms with Crippen LogP contribution in [0.4, 0.5) is 5.88 Å². The van der Waals surface area contributed by atoms with Gasteiger partial charge in [-0.3, -0.25) is 9.69 Å². The third kappa shape index (κ3) is 2.25. The normalized spacial score (nSPS) is 10.7. The Morgan fingerprint density at radius 2 is 2.11 bits per heavy atom. The number of para-hydroxylation sites is 1. The van der Waals surface area contributed by atoms with Crippen molar-refractivity contribution in [2.45, 2.75) is 6.42 Å². The predicted octanol–water partition coefficient (Wildman–Crippen LogP) is 2.97. The summed E-state index contributed by atoms with van der Waals surface area (Å²) >= 11 is 0. The molecular weight excluding hydrogens is 240 g/mol. The number of H-pyrrole nitrogens is 1. The maximum absolute atomic E-state index is 11.1. The number of amides is 1. The molecular formula is C15H14N2O2. The lowest BCUT2D eigenvalue weighted by Gasteiger charge is -2.13. The number of carbonyl (C=O) groups excluding carboxylic acids is 1. The van der Waals surface area contributed by atoms with Gasteiger partial charge in [0.1, 0.15) is 0 Å². The number of benzene rings is 1. The van der Waals surface area contributed by atoms with Gasteiger partial charge in [0.25, 0.3) is 0 Å². The van der Waals surface area contributed by atoms with Crippen LogP contribution in [0.25, 0.3) is 10.9 Å². The third-order valence-corrected chi connectivity index (χ3v) is 3.21. The molecule has 4 nitrogen and oxygen atoms in total. The van der Waals surface area contributed by atoms with Crippen molar-refractivity contribution in [1.82, 2.24) is 4.98 Å². The second kappa shape index (κ2) is 5.02. The second-order valence-corrected chi connectivity index (χ2v) is 4.36. The molecule has 0 unspecified atom stereocenters. The van der Waals surface area contributed by atoms with Crippen molar-refractivity contribution in [3.8, 4) is 0 Å². The summed E-state index contributed by atoms with van der Waals surface area (Å²) in [5.74, 6) is 0.579. The lowest BCUT2D eigenvalue weighted by molar-refractivity contribution is -0.107. The number of carbonyl (C=O) groups is 1. The first-order chi connectivity index (χ1) is 9.38. The van der Waals surface area contributed by atoms with E-state index in [4.69, 9.17) is 4.42 Å². The number of nitrogens with one attached hydrogen (secondary N) is 1. The van der Waals surface area contributed by atoms with Gasteiger partial charge in [0.2, 0.25) is 12.3 Å². The first kappa shape index (κ1) is 11.6. The molecule has 4 heteroatoms. The Labute approximate surface area is 110 Å². The summed E-state index contributed by atoms with van der Waals surface area (Å²) in [6.07, 6.45) is 5.14. The average Bonchev–Trinajstić information content (AvgIpc) is 3.09. The number of hydrogen-bond acceptors (Lipinski definition) is 2. The van der Waals surface area contributed by atoms with Crippen molar-refractivity contribution in [2.24, 2.45) is 0 Å². The van der Waals surface area contributed by atoms with Crippen molar-refractivity contribution < 1.29 is 9.21 Å². The van der Waals surface area contributed by atoms with Gasteiger partial charge in [-0.2, -0.15) is 0 Å². The number of hydrogen-bond donors (Lipinski definition) is 1. The van der Waals surface area contributed by atoms with Gasteiger partial charge in [0.15, 0.2) is 0 Å². The molecule has 0 bridgehead atoms. The fourth-order valence-corrected chi connectivity index (χ4v) is 2.23. The average molecular weight is 254 g/mol. The summed E-state index contributed by atoms with van der Waals surface area (Å²) in [6.45, 7) is 0.596. The van der Waals surface area contributed by atoms with E-state index in [1.807, 2.05) is 24.4 Å². The molecule has 0 fully saturated rings. The van der Waals surface area contributed by atoms with E-state index in [9.17, 15) is 4.79 Å². The molecule has 2 aromatic heterocycles. The highest BCUT2D eigenvalue weighted by molar-refractivity contribution is 5.83. The minimum Gasteiger partial charge on any atom is -0.448 e. The molecule has 0 aliphatic rings. The van der Waals surface area contributed by atoms with E-state index in [2.05, 4.69) is 11.1 Å². The van der Waals surface area contributed by atoms with Crippen LogP contribution in [-0.2, 0) is 11.2 Å². The van der Waals surface area contributed by atoms with Crippen LogP contribution in [0.1, 0.15) is 5.56 Å². The minimum absolute atomic E-state index is 0.579. The van der Waals surface area contributed by atoms with Crippen molar-refractivity contribution in [2.75, 3.05) is 11.4 Å². The lowest BCUT2D eigenvalue weighted by atomic mass is 10.1. The zero-order valence-electron chi connectivity index (χ0n) is 10.4. The summed E-state index contributed by atoms with van der Waals surface area (Å²) in [5, 5.41) is 1.20. The van der Waals surface area contributed by atoms with Crippen LogP contribution >= 0.6 is 0 Å². The zero-order chi connectivity index (χ0) is 13.1. The number of nitrogens with zero attached hydrogens (tertiary/aromatic N) is 1. The number of aromatic amines is 1. The molecule has 0 saturated carbocycles. The van der Waals surface area contributed by atoms with Crippen LogP contribution in [0.5, 0.6) is 0 Å². The van der Waals surface area contributed by atoms with Gasteiger partial charge < -0.3 is 9.40 Å². The number of aromatic nitrogens is 1. The monoisotopic (exact) mass is 254 g/mol. The first-order valence-corrected chi connectivity index (χ1v) is 6.19. The van der Waals surface area contributed by atoms with E-state index in [1.165, 1.54) is 10.9 Å². The second-order valence-electron chi connectivity index (χ2n) is 4.36. The van der Waals surface area contributed by atoms with Crippen molar-refractivity contribution in [1.29, 1.82) is 0 Å². The first-order valence-electron chi connectivity index (χ1n) is 6.19. The molecule has 1 aromatic carbocycles. The molecule has 3 rings (SSSR count). The van der Waals surface area contributed by atoms with E-state index in [0.29, 0.717) is 12.4 Å². The highest BCUT2D eigenvalue weighted by atomic mass is 16.3. The van der Waals surface area contributed by atoms with Gasteiger partial charge in [-0.25, -0.2) is 0 Å². The van der Waals surface area contributed by atoms with Crippen molar-refractivity contribution in [3.63, 3.8) is 0 Å². The van der Waals surface area contributed by atoms with Crippen molar-refractivity contribution >= 4 is 23.2 Å². The van der Waals surface area contributed by atoms with Crippen LogP contribution in [0.15, 0.2) is 53.3 Å². The van der Waals surface area contributed by atoms with E-state index < -0.39 is 0 Å². The highest BCUT2D eigenvalue weighted by Gasteiger charge is 2.09. The van der Waals surface area contributed by atoms with E-state index in [0.717, 1.165) is 18.3 Å². The van der Waals surface area contributed by atoms with E-state index >= 15 is 0 Å². The fraction of sp³-hybridized carbons (Fsp3) is 0.133. The van der Waals surface area contributed by atoms with Gasteiger partial charge in [-0.05, 0) is 24.1 Å². The minimum atomic E-state index is 0.579. The Kier molecular flexibility index (Phi) is 3.06. The summed E-state index contributed by atoms with van der Waals surface area (Å²) in [6, 6.07) is 11.7. The van der Waals surface area contributed by atoms with Gasteiger partial charge in [-0.15, -0.1) is 0 Å². The van der Waals surface area contributed by atoms with E-state index in [1.54, 1.807) is 23.3 Å². The third-order valence-electron chi connectivity index (χ3n) is 3.21. The molecule has 2 heterocycles. The fourth-order valence-electron chi connectivity index (χ4n) is 2.23. The van der Waals surface area contributed by atoms with Crippen LogP contribution < -0.4 is 4.90 Å². The molecule has 0 atom stereocenters. The van der Waals surface area contributed by atoms with Gasteiger partial charge in [0.05, 0.1) is 6.26 Å². The predicted molar refractivity (Wildman–Crippen MR) is 74.1 cm³/mol. The van der Waals surface area contributed by atoms with Gasteiger partial charge in [0, 0.05) is 29.7 Å². The van der Waals surface area contributed by atoms with Crippen LogP contribution in [0.3, 0.4) is 0 Å². The lowest BCUT2D eigenvalue weighted by Crippen LogP contribution is -2.23. The molecule has 0 saturated heterocycles. The largest absolute Gasteiger partial charge is 0.448 e. The number of rotatable bonds is 5. The molecule has 0 spiro atoms. The number of furan rings is 1. The maximum atomic E-state index is 11.1. The molecule has 0 radical (unpaired) electrons. The molecule has 0 aliphatic carbocycles. The Balaban J connectivity index is 1.77. The topological polar surface area (TPSA) is 49.2 Å². The Hall–Kier alpha value is -2.49. The summed E-state index contributed by atoms with van der Waals surface area (Å²) in [5.41, 5.74) is 2.32. The molecule has 1 amide bonds. The van der Waals surface area contributed by atoms with E-state index in [-0.39, 0.29) is 0 Å². The number of anilines is 1. The van der Waals surface area contributed by atoms with Crippen molar-refractivity contribution in [3.05, 3.63) is 54.4 Å². The SMILES string of the molecule is O=CN(CCc1c[nH]c2ccccc12)c1ccco1. The van der Waals surface area contributed by atoms with Gasteiger partial charge in [-0.1, -0.05) is 18.2 Å². The zero-order valence-corrected chi connectivity index (χ0v) is 10.4. The molecule has 96 valence electrons. The molecule has 3 aromatic rings. The smallest absolute Gasteiger partial charge is 0.216 e. The highest BCUT2D eigenvalue weighted by Crippen LogP contribution is 2.19. The number of fused-ring (bicyclic) bond motifs is 1. The molecule has 1 N–H and O–H groups in total. The van der Waals surface area contributed by atoms with Crippen LogP contribution in [0.2, 0.25) is 0 Å². The van der Waals surface area contributed by atoms with Crippen LogP contribution in [-0.4, -0.2) is 17.9 Å². The summed E-state index contributed by atoms with van der Waals surface area (Å²) in [7, 11) is 0. The molecule has 19 heavy (non-hydrogen) atoms. The summed E-state index contributed by atoms with van der Waals surface area (Å²) < 4.78 is 5.23. The van der Waals surface area contributed by atoms with Crippen LogP contribution in [0, 0.1) is 0 Å². The standard InChI is InChI=1S/C15H14N2O2/c18-11-17(15-6-3-9-19-15)8-7-12-10-16-14-5-2-1-4-13(12)14/h1-6,9-11,16H,7-8H2. The Morgan fingerprint density at radius 1 is 1.21 bits per heavy atom. The Morgan fingerprint density at radius 3 is 2.89 bits per heavy atom. The maximum Gasteiger partial charge on any atom is 0.216 e.